The lowest BCUT2D eigenvalue weighted by Crippen LogP contribution is -2.11. The van der Waals surface area contributed by atoms with Crippen LogP contribution in [-0.2, 0) is 0 Å². The van der Waals surface area contributed by atoms with Crippen molar-refractivity contribution in [3.05, 3.63) is 34.9 Å². The summed E-state index contributed by atoms with van der Waals surface area (Å²) >= 11 is 3.28. The van der Waals surface area contributed by atoms with Crippen molar-refractivity contribution < 1.29 is 13.5 Å². The van der Waals surface area contributed by atoms with E-state index in [1.165, 1.54) is 18.3 Å². The van der Waals surface area contributed by atoms with Crippen molar-refractivity contribution in [1.82, 2.24) is 9.97 Å². The van der Waals surface area contributed by atoms with Crippen LogP contribution < -0.4 is 21.3 Å². The summed E-state index contributed by atoms with van der Waals surface area (Å²) in [5.74, 6) is 6.03. The van der Waals surface area contributed by atoms with Crippen molar-refractivity contribution in [2.45, 2.75) is 6.61 Å². The molecular formula is C11H10BrF2N5O. The van der Waals surface area contributed by atoms with Gasteiger partial charge in [0.1, 0.15) is 11.6 Å². The molecule has 0 aliphatic carbocycles. The van der Waals surface area contributed by atoms with Crippen LogP contribution >= 0.6 is 15.9 Å². The summed E-state index contributed by atoms with van der Waals surface area (Å²) in [5, 5.41) is 2.99. The summed E-state index contributed by atoms with van der Waals surface area (Å²) in [6, 6.07) is 6.01. The number of hydrazine groups is 1. The average Bonchev–Trinajstić information content (AvgIpc) is 2.43. The van der Waals surface area contributed by atoms with Crippen LogP contribution in [0.3, 0.4) is 0 Å². The number of nitrogens with one attached hydrogen (secondary N) is 2. The SMILES string of the molecule is NNc1ncc(Br)c(Nc2ccc(OC(F)F)cc2)n1. The lowest BCUT2D eigenvalue weighted by Gasteiger charge is -2.10. The van der Waals surface area contributed by atoms with Crippen molar-refractivity contribution in [3.63, 3.8) is 0 Å². The van der Waals surface area contributed by atoms with Crippen LogP contribution in [0.2, 0.25) is 0 Å². The molecule has 1 aromatic heterocycles. The number of alkyl halides is 2. The van der Waals surface area contributed by atoms with Gasteiger partial charge in [0.2, 0.25) is 5.95 Å². The molecule has 0 aliphatic heterocycles. The van der Waals surface area contributed by atoms with Gasteiger partial charge in [0.25, 0.3) is 0 Å². The Balaban J connectivity index is 2.13. The number of ether oxygens (including phenoxy) is 1. The predicted octanol–water partition coefficient (Wildman–Crippen LogP) is 2.87. The van der Waals surface area contributed by atoms with Gasteiger partial charge in [0.05, 0.1) is 4.47 Å². The Morgan fingerprint density at radius 1 is 1.25 bits per heavy atom. The molecular weight excluding hydrogens is 336 g/mol. The van der Waals surface area contributed by atoms with Gasteiger partial charge in [-0.2, -0.15) is 13.8 Å². The minimum Gasteiger partial charge on any atom is -0.435 e. The third kappa shape index (κ3) is 3.75. The molecule has 106 valence electrons. The topological polar surface area (TPSA) is 85.1 Å². The van der Waals surface area contributed by atoms with Crippen LogP contribution in [0.5, 0.6) is 5.75 Å². The quantitative estimate of drug-likeness (QED) is 0.570. The van der Waals surface area contributed by atoms with E-state index in [4.69, 9.17) is 5.84 Å². The molecule has 0 saturated heterocycles. The number of nitrogens with zero attached hydrogens (tertiary/aromatic N) is 2. The fourth-order valence-corrected chi connectivity index (χ4v) is 1.67. The van der Waals surface area contributed by atoms with Crippen LogP contribution in [-0.4, -0.2) is 16.6 Å². The zero-order chi connectivity index (χ0) is 14.5. The molecule has 4 N–H and O–H groups in total. The van der Waals surface area contributed by atoms with Crippen molar-refractivity contribution in [3.8, 4) is 5.75 Å². The summed E-state index contributed by atoms with van der Waals surface area (Å²) < 4.78 is 28.9. The van der Waals surface area contributed by atoms with Gasteiger partial charge >= 0.3 is 6.61 Å². The van der Waals surface area contributed by atoms with Gasteiger partial charge in [-0.1, -0.05) is 0 Å². The number of hydrogen-bond acceptors (Lipinski definition) is 6. The molecule has 0 aliphatic rings. The van der Waals surface area contributed by atoms with E-state index in [1.54, 1.807) is 12.1 Å². The van der Waals surface area contributed by atoms with E-state index in [1.807, 2.05) is 0 Å². The lowest BCUT2D eigenvalue weighted by atomic mass is 10.3. The minimum atomic E-state index is -2.84. The monoisotopic (exact) mass is 345 g/mol. The Bertz CT molecular complexity index is 582. The van der Waals surface area contributed by atoms with Crippen LogP contribution in [0.1, 0.15) is 0 Å². The molecule has 0 amide bonds. The fraction of sp³-hybridized carbons (Fsp3) is 0.0909. The number of rotatable bonds is 5. The summed E-state index contributed by atoms with van der Waals surface area (Å²) in [6.45, 7) is -2.84. The van der Waals surface area contributed by atoms with Crippen molar-refractivity contribution in [2.24, 2.45) is 5.84 Å². The Kier molecular flexibility index (Phi) is 4.64. The molecule has 0 fully saturated rings. The number of anilines is 3. The number of nitrogen functional groups attached to an aromatic ring is 1. The van der Waals surface area contributed by atoms with E-state index < -0.39 is 6.61 Å². The first kappa shape index (κ1) is 14.4. The van der Waals surface area contributed by atoms with Gasteiger partial charge in [-0.3, -0.25) is 5.43 Å². The molecule has 2 aromatic rings. The van der Waals surface area contributed by atoms with E-state index in [0.717, 1.165) is 0 Å². The number of halogens is 3. The standard InChI is InChI=1S/C11H10BrF2N5O/c12-8-5-16-11(19-15)18-9(8)17-6-1-3-7(4-2-6)20-10(13)14/h1-5,10H,15H2,(H2,16,17,18,19). The highest BCUT2D eigenvalue weighted by Gasteiger charge is 2.06. The third-order valence-electron chi connectivity index (χ3n) is 2.22. The Morgan fingerprint density at radius 2 is 1.95 bits per heavy atom. The Labute approximate surface area is 121 Å². The van der Waals surface area contributed by atoms with Gasteiger partial charge in [-0.15, -0.1) is 0 Å². The number of benzene rings is 1. The second kappa shape index (κ2) is 6.44. The summed E-state index contributed by atoms with van der Waals surface area (Å²) in [5.41, 5.74) is 2.97. The maximum atomic E-state index is 12.0. The Hall–Kier alpha value is -2.00. The molecule has 1 aromatic carbocycles. The molecule has 0 saturated carbocycles. The van der Waals surface area contributed by atoms with E-state index in [9.17, 15) is 8.78 Å². The van der Waals surface area contributed by atoms with Crippen molar-refractivity contribution in [1.29, 1.82) is 0 Å². The van der Waals surface area contributed by atoms with Crippen molar-refractivity contribution in [2.75, 3.05) is 10.7 Å². The normalized spacial score (nSPS) is 10.4. The second-order valence-corrected chi connectivity index (χ2v) is 4.42. The largest absolute Gasteiger partial charge is 0.435 e. The summed E-state index contributed by atoms with van der Waals surface area (Å²) in [4.78, 5) is 8.01. The van der Waals surface area contributed by atoms with Crippen LogP contribution in [0.15, 0.2) is 34.9 Å². The van der Waals surface area contributed by atoms with Gasteiger partial charge in [0.15, 0.2) is 0 Å². The highest BCUT2D eigenvalue weighted by Crippen LogP contribution is 2.25. The molecule has 0 radical (unpaired) electrons. The summed E-state index contributed by atoms with van der Waals surface area (Å²) in [7, 11) is 0. The summed E-state index contributed by atoms with van der Waals surface area (Å²) in [6.07, 6.45) is 1.53. The zero-order valence-corrected chi connectivity index (χ0v) is 11.6. The lowest BCUT2D eigenvalue weighted by molar-refractivity contribution is -0.0498. The fourth-order valence-electron chi connectivity index (χ4n) is 1.38. The molecule has 6 nitrogen and oxygen atoms in total. The van der Waals surface area contributed by atoms with E-state index >= 15 is 0 Å². The van der Waals surface area contributed by atoms with Crippen LogP contribution in [0.25, 0.3) is 0 Å². The molecule has 1 heterocycles. The Morgan fingerprint density at radius 3 is 2.55 bits per heavy atom. The van der Waals surface area contributed by atoms with E-state index in [-0.39, 0.29) is 11.7 Å². The smallest absolute Gasteiger partial charge is 0.387 e. The van der Waals surface area contributed by atoms with E-state index in [0.29, 0.717) is 16.0 Å². The highest BCUT2D eigenvalue weighted by molar-refractivity contribution is 9.10. The number of nitrogens with two attached hydrogens (primary N) is 1. The van der Waals surface area contributed by atoms with E-state index in [2.05, 4.69) is 41.4 Å². The number of hydrogen-bond donors (Lipinski definition) is 3. The number of aromatic nitrogens is 2. The first-order chi connectivity index (χ1) is 9.58. The maximum Gasteiger partial charge on any atom is 0.387 e. The molecule has 9 heteroatoms. The van der Waals surface area contributed by atoms with Crippen LogP contribution in [0.4, 0.5) is 26.2 Å². The van der Waals surface area contributed by atoms with Gasteiger partial charge in [-0.25, -0.2) is 10.8 Å². The van der Waals surface area contributed by atoms with Gasteiger partial charge in [0, 0.05) is 11.9 Å². The van der Waals surface area contributed by atoms with Gasteiger partial charge < -0.3 is 10.1 Å². The molecule has 0 unspecified atom stereocenters. The maximum absolute atomic E-state index is 12.0. The highest BCUT2D eigenvalue weighted by atomic mass is 79.9. The third-order valence-corrected chi connectivity index (χ3v) is 2.80. The predicted molar refractivity (Wildman–Crippen MR) is 73.9 cm³/mol. The van der Waals surface area contributed by atoms with Gasteiger partial charge in [-0.05, 0) is 40.2 Å². The average molecular weight is 346 g/mol. The molecule has 20 heavy (non-hydrogen) atoms. The van der Waals surface area contributed by atoms with Crippen molar-refractivity contribution >= 4 is 33.4 Å². The molecule has 0 atom stereocenters. The van der Waals surface area contributed by atoms with Crippen LogP contribution in [0, 0.1) is 0 Å². The second-order valence-electron chi connectivity index (χ2n) is 3.56. The zero-order valence-electron chi connectivity index (χ0n) is 9.98. The molecule has 0 spiro atoms. The first-order valence-electron chi connectivity index (χ1n) is 5.39. The molecule has 0 bridgehead atoms. The first-order valence-corrected chi connectivity index (χ1v) is 6.19. The molecule has 2 rings (SSSR count). The minimum absolute atomic E-state index is 0.0802.